The van der Waals surface area contributed by atoms with Gasteiger partial charge in [0.1, 0.15) is 6.71 Å². The highest BCUT2D eigenvalue weighted by atomic mass is 14.9. The smallest absolute Gasteiger partial charge is 0.141 e. The fourth-order valence-corrected chi connectivity index (χ4v) is 4.90. The summed E-state index contributed by atoms with van der Waals surface area (Å²) in [5, 5.41) is 3.53. The average Bonchev–Trinajstić information content (AvgIpc) is 3.03. The summed E-state index contributed by atoms with van der Waals surface area (Å²) >= 11 is 0. The van der Waals surface area contributed by atoms with Gasteiger partial charge >= 0.3 is 0 Å². The van der Waals surface area contributed by atoms with Crippen molar-refractivity contribution in [2.75, 3.05) is 13.1 Å². The topological polar surface area (TPSA) is 38.0 Å². The molecule has 42 heavy (non-hydrogen) atoms. The lowest BCUT2D eigenvalue weighted by molar-refractivity contribution is 0.180. The zero-order chi connectivity index (χ0) is 33.2. The van der Waals surface area contributed by atoms with Crippen molar-refractivity contribution in [3.8, 4) is 0 Å². The lowest BCUT2D eigenvalue weighted by atomic mass is 9.45. The number of hydrogen-bond acceptors (Lipinski definition) is 2. The molecule has 3 N–H and O–H groups in total. The minimum absolute atomic E-state index is 0.508. The van der Waals surface area contributed by atoms with E-state index in [0.29, 0.717) is 5.41 Å². The van der Waals surface area contributed by atoms with Crippen LogP contribution in [0.4, 0.5) is 0 Å². The van der Waals surface area contributed by atoms with Crippen LogP contribution in [0.1, 0.15) is 180 Å². The fourth-order valence-electron chi connectivity index (χ4n) is 4.90. The normalized spacial score (nSPS) is 16.1. The molecule has 2 aliphatic carbocycles. The average molecular weight is 593 g/mol. The van der Waals surface area contributed by atoms with Crippen LogP contribution in [0.15, 0.2) is 23.4 Å². The van der Waals surface area contributed by atoms with Crippen molar-refractivity contribution in [3.63, 3.8) is 0 Å². The van der Waals surface area contributed by atoms with Gasteiger partial charge < -0.3 is 11.1 Å². The van der Waals surface area contributed by atoms with E-state index in [1.165, 1.54) is 114 Å². The number of nitrogens with two attached hydrogens (primary N) is 1. The lowest BCUT2D eigenvalue weighted by Crippen LogP contribution is -2.32. The van der Waals surface area contributed by atoms with Gasteiger partial charge in [0.25, 0.3) is 0 Å². The number of allylic oxidation sites excluding steroid dienone is 4. The van der Waals surface area contributed by atoms with Gasteiger partial charge in [-0.15, -0.1) is 0 Å². The third kappa shape index (κ3) is 32.2. The van der Waals surface area contributed by atoms with E-state index in [1.54, 1.807) is 0 Å². The molecule has 2 nitrogen and oxygen atoms in total. The summed E-state index contributed by atoms with van der Waals surface area (Å²) in [5.41, 5.74) is 9.58. The minimum atomic E-state index is 0.508. The second-order valence-corrected chi connectivity index (χ2v) is 13.0. The first-order valence-corrected chi connectivity index (χ1v) is 18.9. The van der Waals surface area contributed by atoms with Crippen LogP contribution in [0.5, 0.6) is 0 Å². The standard InChI is InChI=1S/C16H32BN.C11H21N.C5H12.C3H8.2C2H6/c1-4-15(2)13-17(3)12-8-11-16(14-18)9-6-5-7-10-16;1-3-10(2)9-12-11-7-5-4-6-8-11;1-4-5(2)3;1-3-2;2*1-2/h4H,5-14,18H2,1-3H3;7,10,12H,3-6,8-9H2,1-2H3;5H,4H2,1-3H3;3H2,1-2H3;2*1-2H3/b15-4+;;;;;. The molecular formula is C39H85BN2. The van der Waals surface area contributed by atoms with Gasteiger partial charge in [-0.3, -0.25) is 0 Å². The van der Waals surface area contributed by atoms with Crippen molar-refractivity contribution < 1.29 is 0 Å². The molecule has 0 spiro atoms. The second-order valence-electron chi connectivity index (χ2n) is 13.0. The second kappa shape index (κ2) is 36.5. The van der Waals surface area contributed by atoms with Crippen LogP contribution in [0, 0.1) is 17.3 Å². The van der Waals surface area contributed by atoms with Crippen LogP contribution >= 0.6 is 0 Å². The molecule has 0 heterocycles. The molecule has 0 bridgehead atoms. The highest BCUT2D eigenvalue weighted by molar-refractivity contribution is 6.57. The van der Waals surface area contributed by atoms with Crippen molar-refractivity contribution in [3.05, 3.63) is 23.4 Å². The van der Waals surface area contributed by atoms with Gasteiger partial charge in [0, 0.05) is 12.2 Å². The van der Waals surface area contributed by atoms with E-state index in [1.807, 2.05) is 27.7 Å². The molecule has 3 heteroatoms. The molecule has 0 aromatic carbocycles. The van der Waals surface area contributed by atoms with E-state index in [9.17, 15) is 0 Å². The molecule has 1 saturated carbocycles. The molecule has 0 radical (unpaired) electrons. The monoisotopic (exact) mass is 593 g/mol. The maximum absolute atomic E-state index is 6.05. The summed E-state index contributed by atoms with van der Waals surface area (Å²) in [4.78, 5) is 0. The maximum atomic E-state index is 6.05. The molecule has 2 rings (SSSR count). The van der Waals surface area contributed by atoms with Crippen LogP contribution in [-0.2, 0) is 0 Å². The Bertz CT molecular complexity index is 561. The molecule has 2 aliphatic rings. The summed E-state index contributed by atoms with van der Waals surface area (Å²) in [6.45, 7) is 33.1. The third-order valence-corrected chi connectivity index (χ3v) is 8.40. The van der Waals surface area contributed by atoms with Gasteiger partial charge in [0.15, 0.2) is 0 Å². The SMILES string of the molecule is C/C=C(\C)CB(C)CCCC1(CN)CCCCC1.CC.CC.CCC.CCC(C)C.CCC(C)CNC1=CCCCC1. The first-order chi connectivity index (χ1) is 20.1. The van der Waals surface area contributed by atoms with E-state index in [4.69, 9.17) is 5.73 Å². The zero-order valence-corrected chi connectivity index (χ0v) is 32.2. The van der Waals surface area contributed by atoms with Crippen molar-refractivity contribution in [1.29, 1.82) is 0 Å². The molecule has 0 aromatic heterocycles. The van der Waals surface area contributed by atoms with Crippen LogP contribution in [0.3, 0.4) is 0 Å². The van der Waals surface area contributed by atoms with Crippen molar-refractivity contribution in [2.45, 2.75) is 199 Å². The van der Waals surface area contributed by atoms with E-state index in [2.05, 4.69) is 86.6 Å². The summed E-state index contributed by atoms with van der Waals surface area (Å²) < 4.78 is 0. The lowest BCUT2D eigenvalue weighted by Gasteiger charge is -2.36. The van der Waals surface area contributed by atoms with Crippen molar-refractivity contribution >= 4 is 6.71 Å². The Labute approximate surface area is 270 Å². The summed E-state index contributed by atoms with van der Waals surface area (Å²) in [7, 11) is 0. The molecule has 0 saturated heterocycles. The minimum Gasteiger partial charge on any atom is -0.388 e. The van der Waals surface area contributed by atoms with Crippen LogP contribution < -0.4 is 11.1 Å². The Morgan fingerprint density at radius 1 is 0.952 bits per heavy atom. The summed E-state index contributed by atoms with van der Waals surface area (Å²) in [6.07, 6.45) is 26.1. The quantitative estimate of drug-likeness (QED) is 0.175. The number of rotatable bonds is 12. The molecular weight excluding hydrogens is 507 g/mol. The molecule has 0 aromatic rings. The van der Waals surface area contributed by atoms with Crippen LogP contribution in [0.25, 0.3) is 0 Å². The third-order valence-electron chi connectivity index (χ3n) is 8.40. The zero-order valence-electron chi connectivity index (χ0n) is 32.2. The predicted molar refractivity (Wildman–Crippen MR) is 202 cm³/mol. The molecule has 1 unspecified atom stereocenters. The molecule has 0 amide bonds. The first kappa shape index (κ1) is 48.2. The maximum Gasteiger partial charge on any atom is 0.141 e. The number of nitrogens with one attached hydrogen (secondary N) is 1. The fraction of sp³-hybridized carbons (Fsp3) is 0.897. The Morgan fingerprint density at radius 3 is 1.90 bits per heavy atom. The highest BCUT2D eigenvalue weighted by Gasteiger charge is 2.30. The summed E-state index contributed by atoms with van der Waals surface area (Å²) in [6, 6.07) is 0. The van der Waals surface area contributed by atoms with Crippen LogP contribution in [0.2, 0.25) is 19.5 Å². The largest absolute Gasteiger partial charge is 0.388 e. The molecule has 1 fully saturated rings. The Balaban J connectivity index is -0.000000258. The molecule has 0 aliphatic heterocycles. The van der Waals surface area contributed by atoms with Gasteiger partial charge in [-0.2, -0.15) is 0 Å². The first-order valence-electron chi connectivity index (χ1n) is 18.9. The van der Waals surface area contributed by atoms with Gasteiger partial charge in [-0.05, 0) is 82.6 Å². The van der Waals surface area contributed by atoms with E-state index >= 15 is 0 Å². The Hall–Kier alpha value is -0.695. The predicted octanol–water partition coefficient (Wildman–Crippen LogP) is 13.4. The van der Waals surface area contributed by atoms with Gasteiger partial charge in [-0.1, -0.05) is 158 Å². The van der Waals surface area contributed by atoms with Gasteiger partial charge in [0.2, 0.25) is 0 Å². The van der Waals surface area contributed by atoms with E-state index in [-0.39, 0.29) is 0 Å². The summed E-state index contributed by atoms with van der Waals surface area (Å²) in [5.74, 6) is 1.70. The Kier molecular flexibility index (Phi) is 41.9. The van der Waals surface area contributed by atoms with Crippen LogP contribution in [-0.4, -0.2) is 19.8 Å². The highest BCUT2D eigenvalue weighted by Crippen LogP contribution is 2.39. The van der Waals surface area contributed by atoms with Gasteiger partial charge in [0.05, 0.1) is 0 Å². The van der Waals surface area contributed by atoms with Crippen molar-refractivity contribution in [1.82, 2.24) is 5.32 Å². The van der Waals surface area contributed by atoms with E-state index in [0.717, 1.165) is 31.6 Å². The number of hydrogen-bond donors (Lipinski definition) is 2. The van der Waals surface area contributed by atoms with E-state index < -0.39 is 0 Å². The Morgan fingerprint density at radius 2 is 1.50 bits per heavy atom. The molecule has 1 atom stereocenters. The van der Waals surface area contributed by atoms with Gasteiger partial charge in [-0.25, -0.2) is 0 Å². The van der Waals surface area contributed by atoms with Crippen molar-refractivity contribution in [2.24, 2.45) is 23.0 Å². The molecule has 254 valence electrons.